The summed E-state index contributed by atoms with van der Waals surface area (Å²) in [6, 6.07) is 0.609. The van der Waals surface area contributed by atoms with Crippen LogP contribution in [0.2, 0.25) is 0 Å². The van der Waals surface area contributed by atoms with Gasteiger partial charge in [0.15, 0.2) is 0 Å². The lowest BCUT2D eigenvalue weighted by Gasteiger charge is -2.58. The second-order valence-electron chi connectivity index (χ2n) is 22.8. The molecule has 9 atom stereocenters. The summed E-state index contributed by atoms with van der Waals surface area (Å²) in [4.78, 5) is 15.4. The van der Waals surface area contributed by atoms with E-state index in [4.69, 9.17) is 23.7 Å². The van der Waals surface area contributed by atoms with Crippen LogP contribution in [0.4, 0.5) is 4.79 Å². The summed E-state index contributed by atoms with van der Waals surface area (Å²) in [5.41, 5.74) is 2.38. The molecule has 5 rings (SSSR count). The number of unbranched alkanes of at least 4 members (excludes halogenated alkanes) is 10. The van der Waals surface area contributed by atoms with E-state index in [1.165, 1.54) is 135 Å². The Hall–Kier alpha value is -1.71. The van der Waals surface area contributed by atoms with Crippen molar-refractivity contribution in [2.24, 2.45) is 40.4 Å². The van der Waals surface area contributed by atoms with E-state index in [0.717, 1.165) is 81.4 Å². The van der Waals surface area contributed by atoms with Crippen LogP contribution in [0.25, 0.3) is 0 Å². The Morgan fingerprint density at radius 2 is 1.54 bits per heavy atom. The molecule has 0 aromatic carbocycles. The summed E-state index contributed by atoms with van der Waals surface area (Å²) in [7, 11) is 0. The largest absolute Gasteiger partial charge is 0.446 e. The molecule has 0 spiro atoms. The lowest BCUT2D eigenvalue weighted by molar-refractivity contribution is -0.0559. The third kappa shape index (κ3) is 19.1. The Morgan fingerprint density at radius 3 is 2.30 bits per heavy atom. The molecule has 1 heterocycles. The summed E-state index contributed by atoms with van der Waals surface area (Å²) < 4.78 is 30.1. The molecule has 8 nitrogen and oxygen atoms in total. The first-order valence-electron chi connectivity index (χ1n) is 28.7. The van der Waals surface area contributed by atoms with Crippen molar-refractivity contribution in [2.45, 2.75) is 227 Å². The first-order chi connectivity index (χ1) is 32.6. The third-order valence-corrected chi connectivity index (χ3v) is 17.5. The predicted molar refractivity (Wildman–Crippen MR) is 279 cm³/mol. The molecule has 0 aromatic rings. The molecule has 4 fully saturated rings. The molecule has 1 amide bonds. The van der Waals surface area contributed by atoms with Gasteiger partial charge in [0, 0.05) is 32.2 Å². The van der Waals surface area contributed by atoms with Crippen LogP contribution in [0.15, 0.2) is 36.0 Å². The lowest BCUT2D eigenvalue weighted by Crippen LogP contribution is -2.50. The minimum Gasteiger partial charge on any atom is -0.446 e. The number of rotatable bonds is 35. The number of hydrogen-bond donors (Lipinski definition) is 1. The first kappa shape index (κ1) is 56.2. The second-order valence-corrected chi connectivity index (χ2v) is 22.8. The minimum atomic E-state index is -0.318. The summed E-state index contributed by atoms with van der Waals surface area (Å²) in [6.07, 6.45) is 44.8. The summed E-state index contributed by atoms with van der Waals surface area (Å²) >= 11 is 0. The highest BCUT2D eigenvalue weighted by Crippen LogP contribution is 2.67. The summed E-state index contributed by atoms with van der Waals surface area (Å²) in [6.45, 7) is 21.0. The van der Waals surface area contributed by atoms with Gasteiger partial charge >= 0.3 is 6.09 Å². The molecule has 1 N–H and O–H groups in total. The fourth-order valence-electron chi connectivity index (χ4n) is 13.4. The van der Waals surface area contributed by atoms with Crippen LogP contribution in [0.5, 0.6) is 0 Å². The zero-order chi connectivity index (χ0) is 47.6. The van der Waals surface area contributed by atoms with E-state index in [-0.39, 0.29) is 23.7 Å². The van der Waals surface area contributed by atoms with Gasteiger partial charge in [-0.2, -0.15) is 0 Å². The highest BCUT2D eigenvalue weighted by Gasteiger charge is 2.58. The first-order valence-corrected chi connectivity index (χ1v) is 28.7. The van der Waals surface area contributed by atoms with Crippen LogP contribution in [0.3, 0.4) is 0 Å². The predicted octanol–water partition coefficient (Wildman–Crippen LogP) is 14.6. The maximum Gasteiger partial charge on any atom is 0.407 e. The molecule has 8 heteroatoms. The molecular formula is C59H104N2O6. The molecule has 4 aliphatic carbocycles. The Labute approximate surface area is 412 Å². The quantitative estimate of drug-likeness (QED) is 0.0501. The van der Waals surface area contributed by atoms with E-state index in [2.05, 4.69) is 82.1 Å². The van der Waals surface area contributed by atoms with E-state index in [9.17, 15) is 4.79 Å². The molecule has 0 aromatic heterocycles. The smallest absolute Gasteiger partial charge is 0.407 e. The Balaban J connectivity index is 0.859. The molecule has 3 saturated carbocycles. The fraction of sp³-hybridized carbons (Fsp3) is 0.881. The molecule has 1 saturated heterocycles. The Kier molecular flexibility index (Phi) is 26.5. The molecule has 0 radical (unpaired) electrons. The van der Waals surface area contributed by atoms with Gasteiger partial charge in [-0.15, -0.1) is 0 Å². The minimum absolute atomic E-state index is 0.0338. The number of alkyl carbamates (subject to hydrolysis) is 1. The maximum absolute atomic E-state index is 12.8. The van der Waals surface area contributed by atoms with Crippen molar-refractivity contribution >= 4 is 6.09 Å². The van der Waals surface area contributed by atoms with Gasteiger partial charge in [0.25, 0.3) is 0 Å². The SMILES string of the molecule is CCCCC/C=C\C/C=C\CCCCCCCCOCC(CN1CCCC1C)OCCOCCOCCNC(=O)O[C@H]1CC[C@@]2(C)C(=CC[C@H]3[C@@H]4CC[C@H](CCCCC(C)C)[C@@]4(C)CC[C@@H]32)C1. The standard InChI is InChI=1S/C59H104N2O6/c1-7-8-9-10-11-12-13-14-15-16-17-18-19-20-21-24-39-65-47-53(46-61-38-25-27-49(61)4)66-44-43-64-42-41-63-40-37-60-57(62)67-52-33-35-59(6)51(45-52)29-31-54-55-32-30-50(28-23-22-26-48(2)3)58(55,5)36-34-56(54)59/h11-12,14-15,29,48-50,52-56H,7-10,13,16-28,30-47H2,1-6H3,(H,60,62)/b12-11-,15-14-/t49?,50-,52-,53?,54-,55-,56-,58+,59-/m0/s1. The van der Waals surface area contributed by atoms with Gasteiger partial charge in [-0.25, -0.2) is 4.79 Å². The van der Waals surface area contributed by atoms with Crippen LogP contribution < -0.4 is 5.32 Å². The molecule has 5 aliphatic rings. The van der Waals surface area contributed by atoms with E-state index >= 15 is 0 Å². The number of likely N-dealkylation sites (tertiary alicyclic amines) is 1. The average molecular weight is 937 g/mol. The highest BCUT2D eigenvalue weighted by molar-refractivity contribution is 5.67. The van der Waals surface area contributed by atoms with Gasteiger partial charge in [-0.05, 0) is 157 Å². The van der Waals surface area contributed by atoms with Crippen LogP contribution >= 0.6 is 0 Å². The topological polar surface area (TPSA) is 78.5 Å². The Morgan fingerprint density at radius 1 is 0.791 bits per heavy atom. The van der Waals surface area contributed by atoms with Crippen LogP contribution in [0.1, 0.15) is 208 Å². The number of carbonyl (C=O) groups is 1. The van der Waals surface area contributed by atoms with E-state index in [1.807, 2.05) is 0 Å². The van der Waals surface area contributed by atoms with Crippen LogP contribution in [0, 0.1) is 40.4 Å². The number of allylic oxidation sites excluding steroid dienone is 5. The van der Waals surface area contributed by atoms with Gasteiger partial charge in [-0.3, -0.25) is 4.90 Å². The number of fused-ring (bicyclic) bond motifs is 5. The fourth-order valence-corrected chi connectivity index (χ4v) is 13.4. The Bertz CT molecular complexity index is 1430. The normalized spacial score (nSPS) is 29.1. The molecule has 1 aliphatic heterocycles. The number of amides is 1. The van der Waals surface area contributed by atoms with Gasteiger partial charge in [0.05, 0.1) is 45.7 Å². The maximum atomic E-state index is 12.8. The highest BCUT2D eigenvalue weighted by atomic mass is 16.6. The van der Waals surface area contributed by atoms with Crippen molar-refractivity contribution in [3.8, 4) is 0 Å². The molecule has 2 unspecified atom stereocenters. The van der Waals surface area contributed by atoms with Gasteiger partial charge in [0.2, 0.25) is 0 Å². The third-order valence-electron chi connectivity index (χ3n) is 17.5. The van der Waals surface area contributed by atoms with Crippen molar-refractivity contribution in [2.75, 3.05) is 65.9 Å². The second kappa shape index (κ2) is 31.6. The zero-order valence-corrected chi connectivity index (χ0v) is 44.4. The average Bonchev–Trinajstić information content (AvgIpc) is 3.88. The number of carbonyl (C=O) groups excluding carboxylic acids is 1. The lowest BCUT2D eigenvalue weighted by atomic mass is 9.47. The molecule has 0 bridgehead atoms. The molecule has 67 heavy (non-hydrogen) atoms. The number of hydrogen-bond acceptors (Lipinski definition) is 7. The molecule has 386 valence electrons. The summed E-state index contributed by atoms with van der Waals surface area (Å²) in [5, 5.41) is 2.94. The van der Waals surface area contributed by atoms with Crippen LogP contribution in [-0.2, 0) is 23.7 Å². The number of nitrogens with zero attached hydrogens (tertiary/aromatic N) is 1. The van der Waals surface area contributed by atoms with Crippen molar-refractivity contribution in [3.63, 3.8) is 0 Å². The van der Waals surface area contributed by atoms with Crippen molar-refractivity contribution in [1.82, 2.24) is 10.2 Å². The zero-order valence-electron chi connectivity index (χ0n) is 44.4. The van der Waals surface area contributed by atoms with Crippen molar-refractivity contribution < 1.29 is 28.5 Å². The van der Waals surface area contributed by atoms with Crippen molar-refractivity contribution in [1.29, 1.82) is 0 Å². The van der Waals surface area contributed by atoms with Gasteiger partial charge < -0.3 is 29.0 Å². The van der Waals surface area contributed by atoms with Crippen LogP contribution in [-0.4, -0.2) is 95.1 Å². The van der Waals surface area contributed by atoms with Gasteiger partial charge in [-0.1, -0.05) is 128 Å². The van der Waals surface area contributed by atoms with E-state index in [1.54, 1.807) is 5.57 Å². The van der Waals surface area contributed by atoms with E-state index < -0.39 is 0 Å². The number of nitrogens with one attached hydrogen (secondary N) is 1. The summed E-state index contributed by atoms with van der Waals surface area (Å²) in [5.74, 6) is 4.26. The van der Waals surface area contributed by atoms with Crippen molar-refractivity contribution in [3.05, 3.63) is 36.0 Å². The van der Waals surface area contributed by atoms with E-state index in [0.29, 0.717) is 57.6 Å². The molecular weight excluding hydrogens is 833 g/mol. The monoisotopic (exact) mass is 937 g/mol. The van der Waals surface area contributed by atoms with Gasteiger partial charge in [0.1, 0.15) is 6.10 Å². The number of ether oxygens (including phenoxy) is 5.